The zero-order chi connectivity index (χ0) is 14.2. The molecule has 0 saturated carbocycles. The van der Waals surface area contributed by atoms with Crippen molar-refractivity contribution in [3.8, 4) is 0 Å². The first-order valence-electron chi connectivity index (χ1n) is 5.31. The van der Waals surface area contributed by atoms with Crippen molar-refractivity contribution in [2.24, 2.45) is 11.8 Å². The van der Waals surface area contributed by atoms with E-state index < -0.39 is 24.1 Å². The summed E-state index contributed by atoms with van der Waals surface area (Å²) >= 11 is 0. The van der Waals surface area contributed by atoms with Gasteiger partial charge in [-0.25, -0.2) is 9.59 Å². The van der Waals surface area contributed by atoms with Gasteiger partial charge in [0.1, 0.15) is 0 Å². The number of ether oxygens (including phenoxy) is 1. The fourth-order valence-electron chi connectivity index (χ4n) is 0.678. The summed E-state index contributed by atoms with van der Waals surface area (Å²) in [5.74, 6) is -1.99. The molecule has 0 spiro atoms. The molecule has 0 fully saturated rings. The number of aliphatic hydroxyl groups is 2. The van der Waals surface area contributed by atoms with Crippen molar-refractivity contribution in [3.63, 3.8) is 0 Å². The number of carboxylic acid groups (broad SMARTS) is 1. The number of carboxylic acids is 1. The fraction of sp³-hybridized carbons (Fsp3) is 0.818. The molecule has 0 amide bonds. The van der Waals surface area contributed by atoms with Crippen LogP contribution in [0.4, 0.5) is 0 Å². The van der Waals surface area contributed by atoms with Crippen LogP contribution in [0.1, 0.15) is 27.7 Å². The van der Waals surface area contributed by atoms with Gasteiger partial charge in [0, 0.05) is 0 Å². The number of hydrogen-bond donors (Lipinski definition) is 3. The quantitative estimate of drug-likeness (QED) is 0.618. The molecule has 17 heavy (non-hydrogen) atoms. The summed E-state index contributed by atoms with van der Waals surface area (Å²) in [4.78, 5) is 20.4. The van der Waals surface area contributed by atoms with Gasteiger partial charge in [-0.1, -0.05) is 27.7 Å². The van der Waals surface area contributed by atoms with Crippen LogP contribution in [0.5, 0.6) is 0 Å². The molecule has 3 N–H and O–H groups in total. The minimum atomic E-state index is -1.21. The molecule has 0 radical (unpaired) electrons. The highest BCUT2D eigenvalue weighted by molar-refractivity contribution is 5.74. The van der Waals surface area contributed by atoms with E-state index in [2.05, 4.69) is 4.74 Å². The van der Waals surface area contributed by atoms with Gasteiger partial charge in [0.2, 0.25) is 0 Å². The summed E-state index contributed by atoms with van der Waals surface area (Å²) in [6.45, 7) is 6.81. The molecule has 0 aliphatic heterocycles. The van der Waals surface area contributed by atoms with E-state index in [1.807, 2.05) is 0 Å². The molecule has 102 valence electrons. The van der Waals surface area contributed by atoms with Gasteiger partial charge in [0.25, 0.3) is 0 Å². The van der Waals surface area contributed by atoms with Gasteiger partial charge in [-0.05, 0) is 11.8 Å². The van der Waals surface area contributed by atoms with Crippen molar-refractivity contribution in [2.45, 2.75) is 39.9 Å². The smallest absolute Gasteiger partial charge is 0.334 e. The highest BCUT2D eigenvalue weighted by Gasteiger charge is 2.18. The van der Waals surface area contributed by atoms with Gasteiger partial charge >= 0.3 is 11.9 Å². The summed E-state index contributed by atoms with van der Waals surface area (Å²) < 4.78 is 4.28. The van der Waals surface area contributed by atoms with E-state index in [0.717, 1.165) is 0 Å². The Balaban J connectivity index is 0. The number of aliphatic carboxylic acids is 1. The highest BCUT2D eigenvalue weighted by Crippen LogP contribution is 2.01. The first-order valence-corrected chi connectivity index (χ1v) is 5.31. The number of hydrogen-bond acceptors (Lipinski definition) is 5. The van der Waals surface area contributed by atoms with E-state index in [1.165, 1.54) is 7.11 Å². The number of methoxy groups -OCH3 is 1. The van der Waals surface area contributed by atoms with E-state index in [1.54, 1.807) is 27.7 Å². The average molecular weight is 250 g/mol. The van der Waals surface area contributed by atoms with Gasteiger partial charge in [0.15, 0.2) is 12.2 Å². The fourth-order valence-corrected chi connectivity index (χ4v) is 0.678. The SMILES string of the molecule is CC(C)[C@@H](O)C(=O)O.COC(=O)[C@H](O)C(C)C. The van der Waals surface area contributed by atoms with E-state index in [-0.39, 0.29) is 11.8 Å². The van der Waals surface area contributed by atoms with E-state index >= 15 is 0 Å². The van der Waals surface area contributed by atoms with Gasteiger partial charge in [0.05, 0.1) is 7.11 Å². The normalized spacial score (nSPS) is 13.7. The third kappa shape index (κ3) is 8.65. The average Bonchev–Trinajstić information content (AvgIpc) is 2.26. The van der Waals surface area contributed by atoms with Gasteiger partial charge in [-0.3, -0.25) is 0 Å². The molecule has 0 heterocycles. The third-order valence-corrected chi connectivity index (χ3v) is 1.96. The van der Waals surface area contributed by atoms with Crippen LogP contribution in [0.25, 0.3) is 0 Å². The lowest BCUT2D eigenvalue weighted by Crippen LogP contribution is -2.26. The highest BCUT2D eigenvalue weighted by atomic mass is 16.5. The molecule has 6 nitrogen and oxygen atoms in total. The molecule has 0 aliphatic carbocycles. The first-order chi connectivity index (χ1) is 7.64. The Kier molecular flexibility index (Phi) is 9.60. The summed E-state index contributed by atoms with van der Waals surface area (Å²) in [7, 11) is 1.26. The predicted molar refractivity (Wildman–Crippen MR) is 61.3 cm³/mol. The summed E-state index contributed by atoms with van der Waals surface area (Å²) in [6.07, 6.45) is -2.19. The summed E-state index contributed by atoms with van der Waals surface area (Å²) in [6, 6.07) is 0. The molecule has 0 aliphatic rings. The summed E-state index contributed by atoms with van der Waals surface area (Å²) in [5, 5.41) is 25.6. The summed E-state index contributed by atoms with van der Waals surface area (Å²) in [5.41, 5.74) is 0. The van der Waals surface area contributed by atoms with Crippen molar-refractivity contribution in [1.82, 2.24) is 0 Å². The maximum absolute atomic E-state index is 10.5. The lowest BCUT2D eigenvalue weighted by Gasteiger charge is -2.10. The second-order valence-corrected chi connectivity index (χ2v) is 4.24. The Morgan fingerprint density at radius 1 is 0.941 bits per heavy atom. The lowest BCUT2D eigenvalue weighted by molar-refractivity contribution is -0.152. The molecule has 0 rings (SSSR count). The zero-order valence-corrected chi connectivity index (χ0v) is 10.9. The van der Waals surface area contributed by atoms with Crippen LogP contribution in [0.15, 0.2) is 0 Å². The van der Waals surface area contributed by atoms with Gasteiger partial charge < -0.3 is 20.1 Å². The number of carbonyl (C=O) groups is 2. The zero-order valence-electron chi connectivity index (χ0n) is 10.9. The van der Waals surface area contributed by atoms with E-state index in [0.29, 0.717) is 0 Å². The molecular formula is C11H22O6. The van der Waals surface area contributed by atoms with Gasteiger partial charge in [-0.2, -0.15) is 0 Å². The molecule has 0 unspecified atom stereocenters. The first kappa shape index (κ1) is 18.2. The van der Waals surface area contributed by atoms with Crippen LogP contribution in [-0.2, 0) is 14.3 Å². The molecule has 0 saturated heterocycles. The predicted octanol–water partition coefficient (Wildman–Crippen LogP) is 0.264. The number of aliphatic hydroxyl groups excluding tert-OH is 2. The van der Waals surface area contributed by atoms with Crippen LogP contribution in [0.3, 0.4) is 0 Å². The Hall–Kier alpha value is -1.14. The second-order valence-electron chi connectivity index (χ2n) is 4.24. The van der Waals surface area contributed by atoms with E-state index in [9.17, 15) is 9.59 Å². The van der Waals surface area contributed by atoms with Crippen LogP contribution in [0, 0.1) is 11.8 Å². The Labute approximate surface area is 101 Å². The van der Waals surface area contributed by atoms with Crippen LogP contribution in [-0.4, -0.2) is 46.6 Å². The maximum atomic E-state index is 10.5. The van der Waals surface area contributed by atoms with Crippen molar-refractivity contribution in [1.29, 1.82) is 0 Å². The topological polar surface area (TPSA) is 104 Å². The van der Waals surface area contributed by atoms with Gasteiger partial charge in [-0.15, -0.1) is 0 Å². The second kappa shape index (κ2) is 8.95. The van der Waals surface area contributed by atoms with Crippen molar-refractivity contribution in [3.05, 3.63) is 0 Å². The largest absolute Gasteiger partial charge is 0.479 e. The molecule has 0 aromatic rings. The molecule has 6 heteroatoms. The number of rotatable bonds is 4. The standard InChI is InChI=1S/C6H12O3.C5H10O3/c1-4(2)5(7)6(8)9-3;1-3(2)4(6)5(7)8/h4-5,7H,1-3H3;3-4,6H,1-2H3,(H,7,8)/t5-;4-/m11/s1. The molecular weight excluding hydrogens is 228 g/mol. The Morgan fingerprint density at radius 2 is 1.29 bits per heavy atom. The Bertz CT molecular complexity index is 236. The maximum Gasteiger partial charge on any atom is 0.334 e. The molecule has 2 atom stereocenters. The van der Waals surface area contributed by atoms with Crippen LogP contribution in [0.2, 0.25) is 0 Å². The lowest BCUT2D eigenvalue weighted by atomic mass is 10.1. The van der Waals surface area contributed by atoms with Crippen LogP contribution < -0.4 is 0 Å². The number of carbonyl (C=O) groups excluding carboxylic acids is 1. The molecule has 0 aromatic heterocycles. The Morgan fingerprint density at radius 3 is 1.35 bits per heavy atom. The van der Waals surface area contributed by atoms with Crippen LogP contribution >= 0.6 is 0 Å². The monoisotopic (exact) mass is 250 g/mol. The third-order valence-electron chi connectivity index (χ3n) is 1.96. The van der Waals surface area contributed by atoms with Crippen molar-refractivity contribution in [2.75, 3.05) is 7.11 Å². The minimum Gasteiger partial charge on any atom is -0.479 e. The van der Waals surface area contributed by atoms with Crippen molar-refractivity contribution < 1.29 is 29.6 Å². The van der Waals surface area contributed by atoms with E-state index in [4.69, 9.17) is 15.3 Å². The van der Waals surface area contributed by atoms with Crippen molar-refractivity contribution >= 4 is 11.9 Å². The minimum absolute atomic E-state index is 0.0718. The molecule has 0 aromatic carbocycles. The number of esters is 1. The molecule has 0 bridgehead atoms.